The molecule has 0 aliphatic carbocycles. The summed E-state index contributed by atoms with van der Waals surface area (Å²) < 4.78 is 0. The van der Waals surface area contributed by atoms with Gasteiger partial charge in [-0.1, -0.05) is 49.7 Å². The minimum atomic E-state index is 0.0687. The topological polar surface area (TPSA) is 49.0 Å². The van der Waals surface area contributed by atoms with Gasteiger partial charge in [-0.2, -0.15) is 5.10 Å². The lowest BCUT2D eigenvalue weighted by Gasteiger charge is -2.27. The Morgan fingerprint density at radius 3 is 2.48 bits per heavy atom. The summed E-state index contributed by atoms with van der Waals surface area (Å²) in [6.45, 7) is 5.56. The molecule has 1 N–H and O–H groups in total. The van der Waals surface area contributed by atoms with Crippen LogP contribution in [0.5, 0.6) is 0 Å². The van der Waals surface area contributed by atoms with Gasteiger partial charge in [0.25, 0.3) is 5.91 Å². The van der Waals surface area contributed by atoms with Crippen molar-refractivity contribution in [3.8, 4) is 11.3 Å². The Bertz CT molecular complexity index is 958. The van der Waals surface area contributed by atoms with E-state index in [-0.39, 0.29) is 5.91 Å². The van der Waals surface area contributed by atoms with Gasteiger partial charge in [0.2, 0.25) is 0 Å². The highest BCUT2D eigenvalue weighted by atomic mass is 35.5. The summed E-state index contributed by atoms with van der Waals surface area (Å²) in [5.74, 6) is 0.527. The number of aromatic amines is 1. The molecule has 138 valence electrons. The lowest BCUT2D eigenvalue weighted by molar-refractivity contribution is 0.0734. The molecule has 0 saturated carbocycles. The fourth-order valence-corrected chi connectivity index (χ4v) is 3.63. The zero-order valence-electron chi connectivity index (χ0n) is 15.5. The molecule has 4 nitrogen and oxygen atoms in total. The van der Waals surface area contributed by atoms with Gasteiger partial charge in [-0.15, -0.1) is 0 Å². The first-order valence-corrected chi connectivity index (χ1v) is 9.62. The van der Waals surface area contributed by atoms with E-state index in [4.69, 9.17) is 11.6 Å². The number of amides is 1. The van der Waals surface area contributed by atoms with Crippen LogP contribution in [-0.4, -0.2) is 27.5 Å². The number of aromatic nitrogens is 2. The van der Waals surface area contributed by atoms with Crippen LogP contribution in [0.15, 0.2) is 48.5 Å². The van der Waals surface area contributed by atoms with Crippen LogP contribution < -0.4 is 0 Å². The fourth-order valence-electron chi connectivity index (χ4n) is 3.51. The van der Waals surface area contributed by atoms with Crippen LogP contribution in [-0.2, 0) is 13.0 Å². The van der Waals surface area contributed by atoms with Crippen molar-refractivity contribution in [2.75, 3.05) is 6.54 Å². The molecule has 0 saturated heterocycles. The largest absolute Gasteiger partial charge is 0.334 e. The van der Waals surface area contributed by atoms with Gasteiger partial charge < -0.3 is 4.90 Å². The van der Waals surface area contributed by atoms with Crippen molar-refractivity contribution in [3.63, 3.8) is 0 Å². The number of carbonyl (C=O) groups excluding carboxylic acids is 1. The first-order valence-electron chi connectivity index (χ1n) is 9.24. The number of nitrogens with zero attached hydrogens (tertiary/aromatic N) is 2. The Morgan fingerprint density at radius 2 is 1.81 bits per heavy atom. The predicted octanol–water partition coefficient (Wildman–Crippen LogP) is 5.05. The zero-order chi connectivity index (χ0) is 19.0. The molecule has 0 radical (unpaired) electrons. The number of nitrogens with one attached hydrogen (secondary N) is 1. The van der Waals surface area contributed by atoms with Gasteiger partial charge in [-0.05, 0) is 35.7 Å². The summed E-state index contributed by atoms with van der Waals surface area (Å²) in [7, 11) is 0. The average Bonchev–Trinajstić information content (AvgIpc) is 3.11. The molecule has 3 aromatic rings. The molecule has 4 rings (SSSR count). The van der Waals surface area contributed by atoms with Crippen LogP contribution >= 0.6 is 11.6 Å². The van der Waals surface area contributed by atoms with Crippen LogP contribution in [0.1, 0.15) is 46.9 Å². The highest BCUT2D eigenvalue weighted by molar-refractivity contribution is 6.30. The van der Waals surface area contributed by atoms with Crippen molar-refractivity contribution in [2.24, 2.45) is 0 Å². The third kappa shape index (κ3) is 3.50. The van der Waals surface area contributed by atoms with E-state index in [1.807, 2.05) is 53.4 Å². The van der Waals surface area contributed by atoms with Gasteiger partial charge in [0.15, 0.2) is 0 Å². The average molecular weight is 380 g/mol. The molecule has 0 fully saturated rings. The molecular weight excluding hydrogens is 358 g/mol. The molecule has 1 aliphatic rings. The van der Waals surface area contributed by atoms with Crippen molar-refractivity contribution in [1.82, 2.24) is 15.1 Å². The van der Waals surface area contributed by atoms with Crippen molar-refractivity contribution < 1.29 is 4.79 Å². The van der Waals surface area contributed by atoms with E-state index in [9.17, 15) is 4.79 Å². The van der Waals surface area contributed by atoms with Gasteiger partial charge in [0, 0.05) is 46.9 Å². The van der Waals surface area contributed by atoms with Gasteiger partial charge in [0.1, 0.15) is 0 Å². The molecule has 27 heavy (non-hydrogen) atoms. The normalized spacial score (nSPS) is 13.7. The number of rotatable bonds is 3. The molecule has 0 atom stereocenters. The quantitative estimate of drug-likeness (QED) is 0.692. The Morgan fingerprint density at radius 1 is 1.11 bits per heavy atom. The lowest BCUT2D eigenvalue weighted by Crippen LogP contribution is -2.35. The third-order valence-electron chi connectivity index (χ3n) is 5.16. The molecular formula is C22H22ClN3O. The smallest absolute Gasteiger partial charge is 0.254 e. The van der Waals surface area contributed by atoms with E-state index in [1.54, 1.807) is 0 Å². The number of hydrogen-bond acceptors (Lipinski definition) is 2. The highest BCUT2D eigenvalue weighted by Gasteiger charge is 2.26. The molecule has 0 unspecified atom stereocenters. The number of hydrogen-bond donors (Lipinski definition) is 1. The summed E-state index contributed by atoms with van der Waals surface area (Å²) in [6.07, 6.45) is 0.783. The summed E-state index contributed by atoms with van der Waals surface area (Å²) in [5.41, 5.74) is 6.09. The second-order valence-corrected chi connectivity index (χ2v) is 7.73. The van der Waals surface area contributed by atoms with Crippen molar-refractivity contribution in [3.05, 3.63) is 75.9 Å². The second-order valence-electron chi connectivity index (χ2n) is 7.29. The van der Waals surface area contributed by atoms with Gasteiger partial charge in [-0.3, -0.25) is 9.89 Å². The van der Waals surface area contributed by atoms with E-state index in [0.717, 1.165) is 34.5 Å². The maximum atomic E-state index is 13.0. The molecule has 1 aliphatic heterocycles. The van der Waals surface area contributed by atoms with E-state index in [2.05, 4.69) is 24.0 Å². The summed E-state index contributed by atoms with van der Waals surface area (Å²) in [5, 5.41) is 8.33. The van der Waals surface area contributed by atoms with Gasteiger partial charge in [-0.25, -0.2) is 0 Å². The van der Waals surface area contributed by atoms with E-state index >= 15 is 0 Å². The second kappa shape index (κ2) is 7.20. The van der Waals surface area contributed by atoms with Crippen molar-refractivity contribution in [2.45, 2.75) is 32.7 Å². The van der Waals surface area contributed by atoms with Crippen LogP contribution in [0.25, 0.3) is 11.3 Å². The monoisotopic (exact) mass is 379 g/mol. The number of halogens is 1. The summed E-state index contributed by atoms with van der Waals surface area (Å²) in [4.78, 5) is 14.9. The minimum absolute atomic E-state index is 0.0687. The third-order valence-corrected chi connectivity index (χ3v) is 5.41. The first-order chi connectivity index (χ1) is 13.0. The van der Waals surface area contributed by atoms with Crippen LogP contribution in [0.3, 0.4) is 0 Å². The van der Waals surface area contributed by atoms with E-state index in [0.29, 0.717) is 24.0 Å². The fraction of sp³-hybridized carbons (Fsp3) is 0.273. The standard InChI is InChI=1S/C22H22ClN3O/c1-14(2)15-3-5-17(6-4-15)22(27)26-12-11-20-19(13-26)21(25-24-20)16-7-9-18(23)10-8-16/h3-10,14H,11-13H2,1-2H3,(H,24,25). The predicted molar refractivity (Wildman–Crippen MR) is 108 cm³/mol. The van der Waals surface area contributed by atoms with Crippen molar-refractivity contribution in [1.29, 1.82) is 0 Å². The summed E-state index contributed by atoms with van der Waals surface area (Å²) >= 11 is 6.00. The first kappa shape index (κ1) is 17.8. The Labute approximate surface area is 164 Å². The molecule has 2 heterocycles. The van der Waals surface area contributed by atoms with Gasteiger partial charge in [0.05, 0.1) is 5.69 Å². The molecule has 1 amide bonds. The Balaban J connectivity index is 1.58. The number of fused-ring (bicyclic) bond motifs is 1. The number of benzene rings is 2. The maximum absolute atomic E-state index is 13.0. The molecule has 2 aromatic carbocycles. The van der Waals surface area contributed by atoms with Crippen LogP contribution in [0.2, 0.25) is 5.02 Å². The van der Waals surface area contributed by atoms with Gasteiger partial charge >= 0.3 is 0 Å². The van der Waals surface area contributed by atoms with E-state index < -0.39 is 0 Å². The zero-order valence-corrected chi connectivity index (χ0v) is 16.3. The van der Waals surface area contributed by atoms with Crippen LogP contribution in [0.4, 0.5) is 0 Å². The van der Waals surface area contributed by atoms with E-state index in [1.165, 1.54) is 5.56 Å². The van der Waals surface area contributed by atoms with Crippen LogP contribution in [0, 0.1) is 0 Å². The highest BCUT2D eigenvalue weighted by Crippen LogP contribution is 2.30. The maximum Gasteiger partial charge on any atom is 0.254 e. The van der Waals surface area contributed by atoms with Crippen molar-refractivity contribution >= 4 is 17.5 Å². The number of H-pyrrole nitrogens is 1. The Hall–Kier alpha value is -2.59. The SMILES string of the molecule is CC(C)c1ccc(C(=O)N2CCc3[nH]nc(-c4ccc(Cl)cc4)c3C2)cc1. The molecule has 5 heteroatoms. The Kier molecular flexibility index (Phi) is 4.75. The summed E-state index contributed by atoms with van der Waals surface area (Å²) in [6, 6.07) is 15.6. The number of carbonyl (C=O) groups is 1. The molecule has 1 aromatic heterocycles. The molecule has 0 bridgehead atoms. The molecule has 0 spiro atoms. The lowest BCUT2D eigenvalue weighted by atomic mass is 9.99. The minimum Gasteiger partial charge on any atom is -0.334 e.